The summed E-state index contributed by atoms with van der Waals surface area (Å²) in [7, 11) is 0. The molecule has 3 aromatic rings. The highest BCUT2D eigenvalue weighted by Crippen LogP contribution is 2.15. The van der Waals surface area contributed by atoms with E-state index in [1.807, 2.05) is 22.9 Å². The van der Waals surface area contributed by atoms with Crippen LogP contribution in [0, 0.1) is 11.6 Å². The Morgan fingerprint density at radius 1 is 1.04 bits per heavy atom. The Labute approximate surface area is 157 Å². The van der Waals surface area contributed by atoms with E-state index in [0.717, 1.165) is 11.3 Å². The Hall–Kier alpha value is -3.21. The van der Waals surface area contributed by atoms with E-state index in [4.69, 9.17) is 0 Å². The largest absolute Gasteiger partial charge is 0.345 e. The predicted molar refractivity (Wildman–Crippen MR) is 101 cm³/mol. The molecule has 0 atom stereocenters. The van der Waals surface area contributed by atoms with Crippen LogP contribution in [-0.4, -0.2) is 21.9 Å². The van der Waals surface area contributed by atoms with E-state index in [-0.39, 0.29) is 17.3 Å². The van der Waals surface area contributed by atoms with Crippen LogP contribution in [0.2, 0.25) is 0 Å². The Bertz CT molecular complexity index is 931. The lowest BCUT2D eigenvalue weighted by molar-refractivity contribution is 0.0754. The lowest BCUT2D eigenvalue weighted by Gasteiger charge is -2.22. The SMILES string of the molecule is C=CCN(Cc1cccn1Cc1ccc(F)cc1)C(=O)c1ccccc1F. The summed E-state index contributed by atoms with van der Waals surface area (Å²) in [5, 5.41) is 0. The van der Waals surface area contributed by atoms with Gasteiger partial charge < -0.3 is 9.47 Å². The molecule has 138 valence electrons. The second kappa shape index (κ2) is 8.45. The third-order valence-corrected chi connectivity index (χ3v) is 4.28. The van der Waals surface area contributed by atoms with Crippen molar-refractivity contribution in [2.45, 2.75) is 13.1 Å². The molecule has 0 bridgehead atoms. The van der Waals surface area contributed by atoms with Crippen LogP contribution in [0.1, 0.15) is 21.6 Å². The molecule has 0 aliphatic rings. The molecule has 1 aromatic heterocycles. The summed E-state index contributed by atoms with van der Waals surface area (Å²) in [6.45, 7) is 4.86. The molecule has 0 fully saturated rings. The number of nitrogens with zero attached hydrogens (tertiary/aromatic N) is 2. The molecule has 0 saturated heterocycles. The van der Waals surface area contributed by atoms with Gasteiger partial charge in [0, 0.05) is 25.0 Å². The molecule has 1 heterocycles. The van der Waals surface area contributed by atoms with Crippen molar-refractivity contribution >= 4 is 5.91 Å². The molecule has 3 nitrogen and oxygen atoms in total. The molecular weight excluding hydrogens is 346 g/mol. The summed E-state index contributed by atoms with van der Waals surface area (Å²) in [4.78, 5) is 14.3. The first-order valence-electron chi connectivity index (χ1n) is 8.61. The second-order valence-electron chi connectivity index (χ2n) is 6.21. The van der Waals surface area contributed by atoms with Gasteiger partial charge in [-0.05, 0) is 42.0 Å². The highest BCUT2D eigenvalue weighted by molar-refractivity contribution is 5.94. The van der Waals surface area contributed by atoms with Crippen molar-refractivity contribution in [1.29, 1.82) is 0 Å². The predicted octanol–water partition coefficient (Wildman–Crippen LogP) is 4.64. The summed E-state index contributed by atoms with van der Waals surface area (Å²) in [6.07, 6.45) is 3.52. The summed E-state index contributed by atoms with van der Waals surface area (Å²) < 4.78 is 29.1. The first kappa shape index (κ1) is 18.6. The summed E-state index contributed by atoms with van der Waals surface area (Å²) in [6, 6.07) is 16.0. The molecule has 0 aliphatic heterocycles. The van der Waals surface area contributed by atoms with Gasteiger partial charge in [-0.15, -0.1) is 6.58 Å². The van der Waals surface area contributed by atoms with Crippen molar-refractivity contribution in [2.75, 3.05) is 6.54 Å². The molecule has 3 rings (SSSR count). The molecule has 0 spiro atoms. The monoisotopic (exact) mass is 366 g/mol. The zero-order chi connectivity index (χ0) is 19.2. The fourth-order valence-corrected chi connectivity index (χ4v) is 2.91. The molecule has 1 amide bonds. The van der Waals surface area contributed by atoms with Crippen molar-refractivity contribution in [3.8, 4) is 0 Å². The van der Waals surface area contributed by atoms with Gasteiger partial charge in [0.15, 0.2) is 0 Å². The molecular formula is C22H20F2N2O. The second-order valence-corrected chi connectivity index (χ2v) is 6.21. The Balaban J connectivity index is 1.80. The van der Waals surface area contributed by atoms with Crippen molar-refractivity contribution in [2.24, 2.45) is 0 Å². The van der Waals surface area contributed by atoms with E-state index < -0.39 is 5.82 Å². The smallest absolute Gasteiger partial charge is 0.257 e. The highest BCUT2D eigenvalue weighted by Gasteiger charge is 2.19. The van der Waals surface area contributed by atoms with Crippen LogP contribution in [0.5, 0.6) is 0 Å². The van der Waals surface area contributed by atoms with Gasteiger partial charge in [-0.2, -0.15) is 0 Å². The highest BCUT2D eigenvalue weighted by atomic mass is 19.1. The minimum atomic E-state index is -0.543. The first-order valence-corrected chi connectivity index (χ1v) is 8.61. The maximum Gasteiger partial charge on any atom is 0.257 e. The van der Waals surface area contributed by atoms with E-state index in [1.165, 1.54) is 24.3 Å². The summed E-state index contributed by atoms with van der Waals surface area (Å²) >= 11 is 0. The van der Waals surface area contributed by atoms with Crippen LogP contribution >= 0.6 is 0 Å². The number of carbonyl (C=O) groups is 1. The van der Waals surface area contributed by atoms with Gasteiger partial charge in [0.05, 0.1) is 12.1 Å². The fraction of sp³-hybridized carbons (Fsp3) is 0.136. The van der Waals surface area contributed by atoms with Gasteiger partial charge in [-0.3, -0.25) is 4.79 Å². The van der Waals surface area contributed by atoms with Crippen LogP contribution in [0.3, 0.4) is 0 Å². The van der Waals surface area contributed by atoms with Crippen LogP contribution in [0.25, 0.3) is 0 Å². The van der Waals surface area contributed by atoms with Gasteiger partial charge in [-0.1, -0.05) is 30.3 Å². The molecule has 0 radical (unpaired) electrons. The number of hydrogen-bond donors (Lipinski definition) is 0. The van der Waals surface area contributed by atoms with Gasteiger partial charge >= 0.3 is 0 Å². The Morgan fingerprint density at radius 3 is 2.48 bits per heavy atom. The zero-order valence-electron chi connectivity index (χ0n) is 14.8. The topological polar surface area (TPSA) is 25.2 Å². The number of carbonyl (C=O) groups excluding carboxylic acids is 1. The lowest BCUT2D eigenvalue weighted by atomic mass is 10.1. The zero-order valence-corrected chi connectivity index (χ0v) is 14.8. The number of hydrogen-bond acceptors (Lipinski definition) is 1. The number of benzene rings is 2. The van der Waals surface area contributed by atoms with Gasteiger partial charge in [0.2, 0.25) is 0 Å². The first-order chi connectivity index (χ1) is 13.1. The van der Waals surface area contributed by atoms with Crippen LogP contribution in [0.4, 0.5) is 8.78 Å². The molecule has 5 heteroatoms. The minimum Gasteiger partial charge on any atom is -0.345 e. The molecule has 2 aromatic carbocycles. The average molecular weight is 366 g/mol. The van der Waals surface area contributed by atoms with Crippen LogP contribution in [0.15, 0.2) is 79.5 Å². The quantitative estimate of drug-likeness (QED) is 0.559. The summed E-state index contributed by atoms with van der Waals surface area (Å²) in [5.41, 5.74) is 1.88. The van der Waals surface area contributed by atoms with E-state index >= 15 is 0 Å². The summed E-state index contributed by atoms with van der Waals surface area (Å²) in [5.74, 6) is -1.21. The van der Waals surface area contributed by atoms with Crippen molar-refractivity contribution in [1.82, 2.24) is 9.47 Å². The normalized spacial score (nSPS) is 10.6. The number of amides is 1. The van der Waals surface area contributed by atoms with Crippen LogP contribution < -0.4 is 0 Å². The van der Waals surface area contributed by atoms with E-state index in [2.05, 4.69) is 6.58 Å². The van der Waals surface area contributed by atoms with Crippen LogP contribution in [-0.2, 0) is 13.1 Å². The van der Waals surface area contributed by atoms with E-state index in [1.54, 1.807) is 35.2 Å². The number of aromatic nitrogens is 1. The molecule has 0 aliphatic carbocycles. The Morgan fingerprint density at radius 2 is 1.78 bits per heavy atom. The maximum atomic E-state index is 14.0. The van der Waals surface area contributed by atoms with Crippen molar-refractivity contribution in [3.63, 3.8) is 0 Å². The third-order valence-electron chi connectivity index (χ3n) is 4.28. The third kappa shape index (κ3) is 4.50. The van der Waals surface area contributed by atoms with E-state index in [9.17, 15) is 13.6 Å². The molecule has 0 saturated carbocycles. The van der Waals surface area contributed by atoms with E-state index in [0.29, 0.717) is 19.6 Å². The standard InChI is InChI=1S/C22H20F2N2O/c1-2-13-26(22(27)20-7-3-4-8-21(20)24)16-19-6-5-14-25(19)15-17-9-11-18(23)12-10-17/h2-12,14H,1,13,15-16H2. The molecule has 0 N–H and O–H groups in total. The average Bonchev–Trinajstić information content (AvgIpc) is 3.10. The van der Waals surface area contributed by atoms with Gasteiger partial charge in [0.1, 0.15) is 11.6 Å². The van der Waals surface area contributed by atoms with Gasteiger partial charge in [0.25, 0.3) is 5.91 Å². The molecule has 27 heavy (non-hydrogen) atoms. The minimum absolute atomic E-state index is 0.0380. The molecule has 0 unspecified atom stereocenters. The fourth-order valence-electron chi connectivity index (χ4n) is 2.91. The number of rotatable bonds is 7. The Kier molecular flexibility index (Phi) is 5.81. The maximum absolute atomic E-state index is 14.0. The number of halogens is 2. The van der Waals surface area contributed by atoms with Gasteiger partial charge in [-0.25, -0.2) is 8.78 Å². The lowest BCUT2D eigenvalue weighted by Crippen LogP contribution is -2.32. The van der Waals surface area contributed by atoms with Crippen molar-refractivity contribution in [3.05, 3.63) is 108 Å². The van der Waals surface area contributed by atoms with Crippen molar-refractivity contribution < 1.29 is 13.6 Å².